The Morgan fingerprint density at radius 2 is 1.75 bits per heavy atom. The molecule has 24 heavy (non-hydrogen) atoms. The van der Waals surface area contributed by atoms with E-state index in [1.165, 1.54) is 0 Å². The first kappa shape index (κ1) is 15.9. The normalized spacial score (nSPS) is 11.9. The Kier molecular flexibility index (Phi) is 4.66. The van der Waals surface area contributed by atoms with Crippen LogP contribution in [0.1, 0.15) is 12.5 Å². The van der Waals surface area contributed by atoms with Gasteiger partial charge in [0.1, 0.15) is 0 Å². The molecule has 1 unspecified atom stereocenters. The minimum Gasteiger partial charge on any atom is -0.481 e. The minimum absolute atomic E-state index is 0.446. The number of nitrogens with zero attached hydrogens (tertiary/aromatic N) is 2. The van der Waals surface area contributed by atoms with Crippen molar-refractivity contribution in [3.05, 3.63) is 72.6 Å². The highest BCUT2D eigenvalue weighted by Crippen LogP contribution is 2.33. The molecule has 0 amide bonds. The molecule has 0 spiro atoms. The summed E-state index contributed by atoms with van der Waals surface area (Å²) in [7, 11) is 0. The van der Waals surface area contributed by atoms with Crippen LogP contribution in [-0.4, -0.2) is 21.0 Å². The molecule has 4 nitrogen and oxygen atoms in total. The molecule has 2 aromatic heterocycles. The van der Waals surface area contributed by atoms with E-state index < -0.39 is 11.9 Å². The van der Waals surface area contributed by atoms with Crippen LogP contribution in [-0.2, 0) is 11.2 Å². The molecule has 1 N–H and O–H groups in total. The van der Waals surface area contributed by atoms with Crippen molar-refractivity contribution in [2.75, 3.05) is 0 Å². The number of hydrogen-bond donors (Lipinski definition) is 1. The first-order valence-electron chi connectivity index (χ1n) is 7.84. The van der Waals surface area contributed by atoms with E-state index in [4.69, 9.17) is 0 Å². The van der Waals surface area contributed by atoms with Crippen LogP contribution in [0.5, 0.6) is 0 Å². The zero-order valence-corrected chi connectivity index (χ0v) is 13.4. The second-order valence-corrected chi connectivity index (χ2v) is 5.72. The van der Waals surface area contributed by atoms with Crippen molar-refractivity contribution in [2.24, 2.45) is 5.92 Å². The third kappa shape index (κ3) is 3.33. The summed E-state index contributed by atoms with van der Waals surface area (Å²) in [6.07, 6.45) is 3.90. The summed E-state index contributed by atoms with van der Waals surface area (Å²) < 4.78 is 0. The highest BCUT2D eigenvalue weighted by atomic mass is 16.4. The van der Waals surface area contributed by atoms with E-state index in [1.807, 2.05) is 54.6 Å². The van der Waals surface area contributed by atoms with E-state index in [1.54, 1.807) is 19.3 Å². The molecule has 0 saturated carbocycles. The summed E-state index contributed by atoms with van der Waals surface area (Å²) in [4.78, 5) is 20.2. The smallest absolute Gasteiger partial charge is 0.306 e. The lowest BCUT2D eigenvalue weighted by Crippen LogP contribution is -2.13. The predicted octanol–water partition coefficient (Wildman–Crippen LogP) is 4.07. The van der Waals surface area contributed by atoms with Crippen LogP contribution in [0.3, 0.4) is 0 Å². The van der Waals surface area contributed by atoms with Crippen molar-refractivity contribution in [1.29, 1.82) is 0 Å². The number of benzene rings is 1. The number of carbonyl (C=O) groups is 1. The summed E-state index contributed by atoms with van der Waals surface area (Å²) in [5.74, 6) is -1.27. The Morgan fingerprint density at radius 1 is 1.00 bits per heavy atom. The van der Waals surface area contributed by atoms with E-state index in [2.05, 4.69) is 9.97 Å². The van der Waals surface area contributed by atoms with E-state index >= 15 is 0 Å². The maximum absolute atomic E-state index is 11.3. The highest BCUT2D eigenvalue weighted by molar-refractivity contribution is 5.82. The predicted molar refractivity (Wildman–Crippen MR) is 93.4 cm³/mol. The number of hydrogen-bond acceptors (Lipinski definition) is 3. The molecule has 3 aromatic rings. The van der Waals surface area contributed by atoms with Gasteiger partial charge in [0.15, 0.2) is 0 Å². The lowest BCUT2D eigenvalue weighted by molar-refractivity contribution is -0.141. The molecule has 0 saturated heterocycles. The molecule has 0 bridgehead atoms. The molecule has 2 heterocycles. The fourth-order valence-corrected chi connectivity index (χ4v) is 2.71. The number of aromatic nitrogens is 2. The van der Waals surface area contributed by atoms with Gasteiger partial charge in [-0.3, -0.25) is 14.8 Å². The van der Waals surface area contributed by atoms with E-state index in [0.717, 1.165) is 28.1 Å². The number of aliphatic carboxylic acids is 1. The third-order valence-corrected chi connectivity index (χ3v) is 3.95. The molecular weight excluding hydrogens is 300 g/mol. The van der Waals surface area contributed by atoms with Gasteiger partial charge in [0.05, 0.1) is 17.3 Å². The second-order valence-electron chi connectivity index (χ2n) is 5.72. The largest absolute Gasteiger partial charge is 0.481 e. The highest BCUT2D eigenvalue weighted by Gasteiger charge is 2.19. The van der Waals surface area contributed by atoms with Gasteiger partial charge in [-0.05, 0) is 35.7 Å². The topological polar surface area (TPSA) is 63.1 Å². The fourth-order valence-electron chi connectivity index (χ4n) is 2.71. The van der Waals surface area contributed by atoms with Gasteiger partial charge in [-0.15, -0.1) is 0 Å². The summed E-state index contributed by atoms with van der Waals surface area (Å²) in [6.45, 7) is 1.72. The molecule has 0 aliphatic carbocycles. The van der Waals surface area contributed by atoms with Crippen LogP contribution in [0.15, 0.2) is 67.0 Å². The van der Waals surface area contributed by atoms with Crippen LogP contribution >= 0.6 is 0 Å². The van der Waals surface area contributed by atoms with Crippen molar-refractivity contribution in [1.82, 2.24) is 9.97 Å². The average Bonchev–Trinajstić information content (AvgIpc) is 2.63. The maximum Gasteiger partial charge on any atom is 0.306 e. The minimum atomic E-state index is -0.801. The van der Waals surface area contributed by atoms with Crippen LogP contribution in [0, 0.1) is 5.92 Å². The number of carboxylic acid groups (broad SMARTS) is 1. The molecule has 4 heteroatoms. The van der Waals surface area contributed by atoms with E-state index in [-0.39, 0.29) is 0 Å². The first-order chi connectivity index (χ1) is 11.7. The molecule has 3 rings (SSSR count). The molecular formula is C20H18N2O2. The molecule has 1 atom stereocenters. The summed E-state index contributed by atoms with van der Waals surface area (Å²) >= 11 is 0. The summed E-state index contributed by atoms with van der Waals surface area (Å²) in [5, 5.41) is 9.26. The van der Waals surface area contributed by atoms with Crippen molar-refractivity contribution in [3.8, 4) is 22.5 Å². The monoisotopic (exact) mass is 318 g/mol. The lowest BCUT2D eigenvalue weighted by atomic mass is 9.91. The van der Waals surface area contributed by atoms with Gasteiger partial charge >= 0.3 is 5.97 Å². The van der Waals surface area contributed by atoms with Gasteiger partial charge in [0.2, 0.25) is 0 Å². The average molecular weight is 318 g/mol. The summed E-state index contributed by atoms with van der Waals surface area (Å²) in [5.41, 5.74) is 4.48. The lowest BCUT2D eigenvalue weighted by Gasteiger charge is -2.15. The zero-order valence-electron chi connectivity index (χ0n) is 13.4. The SMILES string of the molecule is CC(Cc1ccnc(-c2ccccn2)c1-c1ccccc1)C(=O)O. The van der Waals surface area contributed by atoms with Gasteiger partial charge in [-0.1, -0.05) is 43.3 Å². The van der Waals surface area contributed by atoms with Crippen LogP contribution < -0.4 is 0 Å². The quantitative estimate of drug-likeness (QED) is 0.770. The van der Waals surface area contributed by atoms with Crippen LogP contribution in [0.25, 0.3) is 22.5 Å². The first-order valence-corrected chi connectivity index (χ1v) is 7.84. The maximum atomic E-state index is 11.3. The van der Waals surface area contributed by atoms with Gasteiger partial charge < -0.3 is 5.11 Å². The second kappa shape index (κ2) is 7.04. The Balaban J connectivity index is 2.18. The number of pyridine rings is 2. The number of rotatable bonds is 5. The molecule has 0 aliphatic rings. The molecule has 0 radical (unpaired) electrons. The zero-order chi connectivity index (χ0) is 16.9. The molecule has 0 fully saturated rings. The van der Waals surface area contributed by atoms with Crippen LogP contribution in [0.4, 0.5) is 0 Å². The fraction of sp³-hybridized carbons (Fsp3) is 0.150. The molecule has 0 aliphatic heterocycles. The Labute approximate surface area is 140 Å². The number of carboxylic acids is 1. The Bertz CT molecular complexity index is 833. The Morgan fingerprint density at radius 3 is 2.42 bits per heavy atom. The van der Waals surface area contributed by atoms with E-state index in [0.29, 0.717) is 6.42 Å². The molecule has 120 valence electrons. The van der Waals surface area contributed by atoms with Crippen molar-refractivity contribution < 1.29 is 9.90 Å². The van der Waals surface area contributed by atoms with Gasteiger partial charge in [-0.25, -0.2) is 0 Å². The van der Waals surface area contributed by atoms with Gasteiger partial charge in [0, 0.05) is 18.0 Å². The van der Waals surface area contributed by atoms with Crippen molar-refractivity contribution in [2.45, 2.75) is 13.3 Å². The van der Waals surface area contributed by atoms with Crippen molar-refractivity contribution >= 4 is 5.97 Å². The van der Waals surface area contributed by atoms with E-state index in [9.17, 15) is 9.90 Å². The summed E-state index contributed by atoms with van der Waals surface area (Å²) in [6, 6.07) is 17.5. The third-order valence-electron chi connectivity index (χ3n) is 3.95. The van der Waals surface area contributed by atoms with Crippen molar-refractivity contribution in [3.63, 3.8) is 0 Å². The van der Waals surface area contributed by atoms with Gasteiger partial charge in [0.25, 0.3) is 0 Å². The molecule has 1 aromatic carbocycles. The standard InChI is InChI=1S/C20H18N2O2/c1-14(20(23)24)13-16-10-12-22-19(17-9-5-6-11-21-17)18(16)15-7-3-2-4-8-15/h2-12,14H,13H2,1H3,(H,23,24). The Hall–Kier alpha value is -3.01. The van der Waals surface area contributed by atoms with Gasteiger partial charge in [-0.2, -0.15) is 0 Å². The van der Waals surface area contributed by atoms with Crippen LogP contribution in [0.2, 0.25) is 0 Å².